The first-order valence-electron chi connectivity index (χ1n) is 10.1. The summed E-state index contributed by atoms with van der Waals surface area (Å²) in [5.74, 6) is -0.870. The van der Waals surface area contributed by atoms with Gasteiger partial charge in [0.05, 0.1) is 13.2 Å². The maximum atomic E-state index is 12.4. The molecule has 6 nitrogen and oxygen atoms in total. The van der Waals surface area contributed by atoms with E-state index in [1.165, 1.54) is 0 Å². The zero-order valence-electron chi connectivity index (χ0n) is 17.7. The van der Waals surface area contributed by atoms with Crippen molar-refractivity contribution < 1.29 is 23.9 Å². The predicted molar refractivity (Wildman–Crippen MR) is 118 cm³/mol. The summed E-state index contributed by atoms with van der Waals surface area (Å²) in [6.45, 7) is 6.11. The number of carbonyl (C=O) groups is 1. The molecular formula is C23H31NO5P+. The number of aliphatic carboxylic acids is 1. The average molecular weight is 432 g/mol. The lowest BCUT2D eigenvalue weighted by Gasteiger charge is -2.31. The van der Waals surface area contributed by atoms with Crippen molar-refractivity contribution in [2.45, 2.75) is 58.0 Å². The Hall–Kier alpha value is -2.11. The Balaban J connectivity index is 2.22. The third-order valence-corrected chi connectivity index (χ3v) is 5.77. The van der Waals surface area contributed by atoms with Crippen LogP contribution in [0.2, 0.25) is 0 Å². The van der Waals surface area contributed by atoms with Crippen LogP contribution >= 0.6 is 8.46 Å². The molecule has 0 aromatic heterocycles. The summed E-state index contributed by atoms with van der Waals surface area (Å²) in [6, 6.07) is 18.2. The van der Waals surface area contributed by atoms with Gasteiger partial charge >= 0.3 is 19.9 Å². The van der Waals surface area contributed by atoms with Gasteiger partial charge in [-0.1, -0.05) is 79.1 Å². The zero-order chi connectivity index (χ0) is 22.0. The van der Waals surface area contributed by atoms with Crippen molar-refractivity contribution >= 4 is 14.4 Å². The van der Waals surface area contributed by atoms with E-state index in [0.717, 1.165) is 11.1 Å². The highest BCUT2D eigenvalue weighted by Gasteiger charge is 2.50. The monoisotopic (exact) mass is 432 g/mol. The van der Waals surface area contributed by atoms with Crippen LogP contribution in [-0.4, -0.2) is 28.7 Å². The fraction of sp³-hybridized carbons (Fsp3) is 0.435. The van der Waals surface area contributed by atoms with E-state index in [9.17, 15) is 14.5 Å². The molecule has 3 unspecified atom stereocenters. The zero-order valence-corrected chi connectivity index (χ0v) is 18.7. The maximum absolute atomic E-state index is 12.4. The Bertz CT molecular complexity index is 787. The van der Waals surface area contributed by atoms with Gasteiger partial charge in [-0.05, 0) is 30.4 Å². The Morgan fingerprint density at radius 3 is 2.00 bits per heavy atom. The topological polar surface area (TPSA) is 84.9 Å². The van der Waals surface area contributed by atoms with Crippen LogP contribution in [0.1, 0.15) is 38.3 Å². The van der Waals surface area contributed by atoms with Crippen LogP contribution in [0.15, 0.2) is 60.7 Å². The van der Waals surface area contributed by atoms with E-state index in [1.54, 1.807) is 6.92 Å². The molecule has 2 rings (SSSR count). The molecule has 30 heavy (non-hydrogen) atoms. The average Bonchev–Trinajstić information content (AvgIpc) is 2.75. The Morgan fingerprint density at radius 1 is 1.00 bits per heavy atom. The number of carboxylic acids is 1. The molecule has 7 heteroatoms. The van der Waals surface area contributed by atoms with E-state index < -0.39 is 32.0 Å². The summed E-state index contributed by atoms with van der Waals surface area (Å²) in [5.41, 5.74) is 0.406. The number of rotatable bonds is 13. The van der Waals surface area contributed by atoms with Crippen LogP contribution in [0.4, 0.5) is 0 Å². The van der Waals surface area contributed by atoms with E-state index in [-0.39, 0.29) is 12.5 Å². The van der Waals surface area contributed by atoms with Crippen molar-refractivity contribution in [2.24, 2.45) is 5.92 Å². The van der Waals surface area contributed by atoms with Gasteiger partial charge in [0.2, 0.25) is 0 Å². The maximum Gasteiger partial charge on any atom is 0.379 e. The number of benzene rings is 2. The highest BCUT2D eigenvalue weighted by molar-refractivity contribution is 7.25. The van der Waals surface area contributed by atoms with Crippen molar-refractivity contribution in [3.63, 3.8) is 0 Å². The van der Waals surface area contributed by atoms with Gasteiger partial charge in [-0.3, -0.25) is 4.79 Å². The minimum Gasteiger partial charge on any atom is -0.480 e. The quantitative estimate of drug-likeness (QED) is 0.356. The molecule has 162 valence electrons. The Morgan fingerprint density at radius 2 is 1.53 bits per heavy atom. The lowest BCUT2D eigenvalue weighted by molar-refractivity contribution is -0.149. The van der Waals surface area contributed by atoms with Crippen molar-refractivity contribution in [1.29, 1.82) is 0 Å². The van der Waals surface area contributed by atoms with Crippen LogP contribution in [0.3, 0.4) is 0 Å². The second-order valence-electron chi connectivity index (χ2n) is 7.72. The van der Waals surface area contributed by atoms with Crippen LogP contribution in [0.25, 0.3) is 0 Å². The molecular weight excluding hydrogens is 401 g/mol. The lowest BCUT2D eigenvalue weighted by atomic mass is 10.0. The summed E-state index contributed by atoms with van der Waals surface area (Å²) in [7, 11) is -0.971. The summed E-state index contributed by atoms with van der Waals surface area (Å²) in [6.07, 6.45) is -0.284. The number of ether oxygens (including phenoxy) is 2. The summed E-state index contributed by atoms with van der Waals surface area (Å²) in [4.78, 5) is 11.8. The summed E-state index contributed by atoms with van der Waals surface area (Å²) >= 11 is 0. The molecule has 0 saturated heterocycles. The van der Waals surface area contributed by atoms with Crippen molar-refractivity contribution in [3.8, 4) is 0 Å². The first-order chi connectivity index (χ1) is 14.4. The van der Waals surface area contributed by atoms with E-state index in [4.69, 9.17) is 9.47 Å². The number of hydrogen-bond acceptors (Lipinski definition) is 5. The predicted octanol–water partition coefficient (Wildman–Crippen LogP) is 4.58. The van der Waals surface area contributed by atoms with Crippen molar-refractivity contribution in [1.82, 2.24) is 5.32 Å². The molecule has 2 aromatic rings. The van der Waals surface area contributed by atoms with Gasteiger partial charge in [-0.25, -0.2) is 5.32 Å². The molecule has 0 aliphatic carbocycles. The lowest BCUT2D eigenvalue weighted by Crippen LogP contribution is -2.58. The molecule has 0 heterocycles. The summed E-state index contributed by atoms with van der Waals surface area (Å²) in [5, 5.41) is 12.7. The fourth-order valence-electron chi connectivity index (χ4n) is 3.05. The molecule has 0 fully saturated rings. The van der Waals surface area contributed by atoms with E-state index >= 15 is 0 Å². The van der Waals surface area contributed by atoms with Crippen LogP contribution in [0, 0.1) is 5.92 Å². The minimum atomic E-state index is -1.46. The third-order valence-electron chi connectivity index (χ3n) is 4.77. The molecule has 0 spiro atoms. The SMILES string of the molecule is CC(C)CC(N[C@@](OCc1ccccc1)([PH+]=O)C(C)OCc1ccccc1)C(=O)O. The molecule has 2 N–H and O–H groups in total. The molecule has 0 saturated carbocycles. The van der Waals surface area contributed by atoms with E-state index in [0.29, 0.717) is 13.0 Å². The number of hydrogen-bond donors (Lipinski definition) is 2. The molecule has 0 radical (unpaired) electrons. The van der Waals surface area contributed by atoms with Gasteiger partial charge in [-0.15, -0.1) is 0 Å². The van der Waals surface area contributed by atoms with Gasteiger partial charge in [0.1, 0.15) is 12.1 Å². The fourth-order valence-corrected chi connectivity index (χ4v) is 3.67. The van der Waals surface area contributed by atoms with Gasteiger partial charge < -0.3 is 14.6 Å². The number of carboxylic acid groups (broad SMARTS) is 1. The molecule has 0 aliphatic heterocycles. The third kappa shape index (κ3) is 7.29. The highest BCUT2D eigenvalue weighted by Crippen LogP contribution is 2.31. The smallest absolute Gasteiger partial charge is 0.379 e. The molecule has 4 atom stereocenters. The summed E-state index contributed by atoms with van der Waals surface area (Å²) < 4.78 is 24.5. The molecule has 0 bridgehead atoms. The Labute approximate surface area is 179 Å². The van der Waals surface area contributed by atoms with Gasteiger partial charge in [0.25, 0.3) is 0 Å². The largest absolute Gasteiger partial charge is 0.480 e. The minimum absolute atomic E-state index is 0.140. The normalized spacial score (nSPS) is 15.6. The molecule has 2 aromatic carbocycles. The van der Waals surface area contributed by atoms with Gasteiger partial charge in [0.15, 0.2) is 0 Å². The first kappa shape index (κ1) is 24.2. The van der Waals surface area contributed by atoms with Crippen molar-refractivity contribution in [2.75, 3.05) is 0 Å². The highest BCUT2D eigenvalue weighted by atomic mass is 31.1. The van der Waals surface area contributed by atoms with Gasteiger partial charge in [0, 0.05) is 0 Å². The van der Waals surface area contributed by atoms with Crippen molar-refractivity contribution in [3.05, 3.63) is 71.8 Å². The van der Waals surface area contributed by atoms with E-state index in [2.05, 4.69) is 5.32 Å². The second kappa shape index (κ2) is 11.9. The van der Waals surface area contributed by atoms with Crippen LogP contribution in [-0.2, 0) is 32.0 Å². The van der Waals surface area contributed by atoms with Gasteiger partial charge in [-0.2, -0.15) is 0 Å². The molecule has 0 aliphatic rings. The standard InChI is InChI=1S/C23H30NO5P/c1-17(2)14-21(22(25)26)24-23(30-27,29-16-20-12-8-5-9-13-20)18(3)28-15-19-10-6-4-7-11-19/h4-13,17-18,21,24H,14-16H2,1-3H3,(H,25,26)/p+1/t18?,21?,23-/m0/s1. The Kier molecular flexibility index (Phi) is 9.60. The second-order valence-corrected chi connectivity index (χ2v) is 8.66. The number of nitrogens with one attached hydrogen (secondary N) is 1. The first-order valence-corrected chi connectivity index (χ1v) is 11.0. The van der Waals surface area contributed by atoms with Crippen LogP contribution in [0.5, 0.6) is 0 Å². The molecule has 0 amide bonds. The van der Waals surface area contributed by atoms with E-state index in [1.807, 2.05) is 74.5 Å². The van der Waals surface area contributed by atoms with Crippen LogP contribution < -0.4 is 5.32 Å².